The van der Waals surface area contributed by atoms with Gasteiger partial charge in [0, 0.05) is 83.9 Å². The number of rotatable bonds is 16. The van der Waals surface area contributed by atoms with Crippen molar-refractivity contribution in [2.75, 3.05) is 93.3 Å². The largest absolute Gasteiger partial charge is 0.416 e. The van der Waals surface area contributed by atoms with Crippen molar-refractivity contribution in [2.45, 2.75) is 70.0 Å². The van der Waals surface area contributed by atoms with Crippen molar-refractivity contribution in [3.05, 3.63) is 76.0 Å². The van der Waals surface area contributed by atoms with Gasteiger partial charge in [0.15, 0.2) is 0 Å². The van der Waals surface area contributed by atoms with Gasteiger partial charge in [0.05, 0.1) is 46.4 Å². The number of pyridine rings is 1. The topological polar surface area (TPSA) is 192 Å². The first-order chi connectivity index (χ1) is 32.1. The second kappa shape index (κ2) is 20.3. The van der Waals surface area contributed by atoms with Crippen molar-refractivity contribution >= 4 is 62.5 Å². The number of carbonyl (C=O) groups excluding carboxylic acids is 3. The van der Waals surface area contributed by atoms with Gasteiger partial charge in [-0.15, -0.1) is 0 Å². The Balaban J connectivity index is 0.730. The fraction of sp³-hybridized carbons (Fsp3) is 0.511. The molecule has 8 rings (SSSR count). The van der Waals surface area contributed by atoms with Crippen molar-refractivity contribution in [1.29, 1.82) is 0 Å². The molecule has 3 saturated heterocycles. The van der Waals surface area contributed by atoms with Gasteiger partial charge in [-0.25, -0.2) is 9.97 Å². The average Bonchev–Trinajstić information content (AvgIpc) is 3.65. The van der Waals surface area contributed by atoms with E-state index in [9.17, 15) is 32.3 Å². The molecule has 2 aromatic carbocycles. The minimum absolute atomic E-state index is 0.0136. The van der Waals surface area contributed by atoms with Crippen molar-refractivity contribution in [1.82, 2.24) is 44.3 Å². The van der Waals surface area contributed by atoms with E-state index in [0.29, 0.717) is 66.4 Å². The molecule has 3 amide bonds. The number of piperidine rings is 1. The zero-order valence-electron chi connectivity index (χ0n) is 38.4. The van der Waals surface area contributed by atoms with E-state index in [0.717, 1.165) is 100 Å². The molecular formula is C47H60F3N13O4. The molecule has 0 bridgehead atoms. The summed E-state index contributed by atoms with van der Waals surface area (Å²) in [6.07, 6.45) is 3.17. The van der Waals surface area contributed by atoms with E-state index in [4.69, 9.17) is 5.73 Å². The fourth-order valence-corrected chi connectivity index (χ4v) is 9.61. The molecule has 1 unspecified atom stereocenters. The maximum absolute atomic E-state index is 13.6. The third-order valence-corrected chi connectivity index (χ3v) is 13.4. The lowest BCUT2D eigenvalue weighted by Gasteiger charge is -2.36. The van der Waals surface area contributed by atoms with Crippen molar-refractivity contribution in [3.8, 4) is 0 Å². The maximum Gasteiger partial charge on any atom is 0.416 e. The SMILES string of the molecule is C[C@@H](Nc1ncnc2c1cc(N1CCN(CCCCCCCN3CCN(C(=O)CNc4cccc5c(C6CCC(=O)NC6=O)nn(C)c45)CC3)CC1)c(=O)n2C)c1cc(N)cc(C(F)(F)F)c1. The number of halogens is 3. The third-order valence-electron chi connectivity index (χ3n) is 13.4. The average molecular weight is 928 g/mol. The molecule has 0 aliphatic carbocycles. The van der Waals surface area contributed by atoms with Gasteiger partial charge in [-0.1, -0.05) is 31.4 Å². The van der Waals surface area contributed by atoms with E-state index in [-0.39, 0.29) is 41.9 Å². The maximum atomic E-state index is 13.6. The number of benzene rings is 2. The number of nitrogen functional groups attached to an aromatic ring is 1. The van der Waals surface area contributed by atoms with Gasteiger partial charge in [-0.05, 0) is 75.2 Å². The fourth-order valence-electron chi connectivity index (χ4n) is 9.61. The summed E-state index contributed by atoms with van der Waals surface area (Å²) in [5.41, 5.74) is 8.39. The predicted octanol–water partition coefficient (Wildman–Crippen LogP) is 4.84. The molecule has 3 aromatic heterocycles. The van der Waals surface area contributed by atoms with Gasteiger partial charge >= 0.3 is 6.18 Å². The number of aryl methyl sites for hydroxylation is 2. The number of anilines is 4. The molecule has 20 heteroatoms. The molecule has 3 fully saturated rings. The van der Waals surface area contributed by atoms with E-state index in [1.165, 1.54) is 17.0 Å². The van der Waals surface area contributed by atoms with Crippen LogP contribution in [0.1, 0.15) is 80.7 Å². The minimum Gasteiger partial charge on any atom is -0.399 e. The van der Waals surface area contributed by atoms with Crippen LogP contribution in [0.4, 0.5) is 36.1 Å². The van der Waals surface area contributed by atoms with E-state index in [1.807, 2.05) is 30.1 Å². The first kappa shape index (κ1) is 47.2. The van der Waals surface area contributed by atoms with Gasteiger partial charge in [0.1, 0.15) is 23.5 Å². The summed E-state index contributed by atoms with van der Waals surface area (Å²) < 4.78 is 43.8. The number of para-hydroxylation sites is 1. The Labute approximate surface area is 386 Å². The van der Waals surface area contributed by atoms with Gasteiger partial charge in [0.2, 0.25) is 17.7 Å². The first-order valence-electron chi connectivity index (χ1n) is 23.2. The number of fused-ring (bicyclic) bond motifs is 2. The molecule has 0 saturated carbocycles. The molecule has 2 atom stereocenters. The summed E-state index contributed by atoms with van der Waals surface area (Å²) in [5.74, 6) is -0.634. The Morgan fingerprint density at radius 3 is 2.25 bits per heavy atom. The van der Waals surface area contributed by atoms with Crippen LogP contribution in [0.3, 0.4) is 0 Å². The van der Waals surface area contributed by atoms with Crippen LogP contribution >= 0.6 is 0 Å². The van der Waals surface area contributed by atoms with Crippen LogP contribution < -0.4 is 32.1 Å². The Kier molecular flexibility index (Phi) is 14.3. The van der Waals surface area contributed by atoms with Crippen LogP contribution in [0, 0.1) is 0 Å². The van der Waals surface area contributed by atoms with Crippen LogP contribution in [0.15, 0.2) is 53.6 Å². The quantitative estimate of drug-likeness (QED) is 0.0598. The number of nitrogens with two attached hydrogens (primary N) is 1. The summed E-state index contributed by atoms with van der Waals surface area (Å²) in [5, 5.41) is 15.0. The second-order valence-electron chi connectivity index (χ2n) is 18.0. The predicted molar refractivity (Wildman–Crippen MR) is 252 cm³/mol. The van der Waals surface area contributed by atoms with Crippen LogP contribution in [-0.4, -0.2) is 129 Å². The van der Waals surface area contributed by atoms with E-state index < -0.39 is 23.7 Å². The lowest BCUT2D eigenvalue weighted by molar-refractivity contribution is -0.138. The molecule has 3 aliphatic rings. The Morgan fingerprint density at radius 2 is 1.57 bits per heavy atom. The number of imide groups is 1. The second-order valence-corrected chi connectivity index (χ2v) is 18.0. The summed E-state index contributed by atoms with van der Waals surface area (Å²) in [4.78, 5) is 68.7. The monoisotopic (exact) mass is 927 g/mol. The normalized spacial score (nSPS) is 18.1. The number of nitrogens with one attached hydrogen (secondary N) is 3. The highest BCUT2D eigenvalue weighted by atomic mass is 19.4. The summed E-state index contributed by atoms with van der Waals surface area (Å²) in [6, 6.07) is 10.4. The van der Waals surface area contributed by atoms with Gasteiger partial charge in [-0.2, -0.15) is 18.3 Å². The van der Waals surface area contributed by atoms with Crippen molar-refractivity contribution in [3.63, 3.8) is 0 Å². The Bertz CT molecular complexity index is 2670. The molecule has 3 aliphatic heterocycles. The van der Waals surface area contributed by atoms with Crippen LogP contribution in [0.5, 0.6) is 0 Å². The van der Waals surface area contributed by atoms with Crippen LogP contribution in [-0.2, 0) is 34.7 Å². The number of alkyl halides is 3. The summed E-state index contributed by atoms with van der Waals surface area (Å²) in [7, 11) is 3.49. The molecule has 0 radical (unpaired) electrons. The minimum atomic E-state index is -4.53. The Hall–Kier alpha value is -6.28. The lowest BCUT2D eigenvalue weighted by Crippen LogP contribution is -2.50. The molecule has 5 aromatic rings. The summed E-state index contributed by atoms with van der Waals surface area (Å²) >= 11 is 0. The lowest BCUT2D eigenvalue weighted by atomic mass is 9.92. The van der Waals surface area contributed by atoms with Crippen molar-refractivity contribution < 1.29 is 27.6 Å². The molecular weight excluding hydrogens is 868 g/mol. The Morgan fingerprint density at radius 1 is 0.881 bits per heavy atom. The number of amides is 3. The smallest absolute Gasteiger partial charge is 0.399 e. The number of aromatic nitrogens is 5. The number of unbranched alkanes of at least 4 members (excludes halogenated alkanes) is 4. The zero-order valence-corrected chi connectivity index (χ0v) is 38.4. The molecule has 0 spiro atoms. The van der Waals surface area contributed by atoms with Gasteiger partial charge in [-0.3, -0.25) is 43.5 Å². The highest BCUT2D eigenvalue weighted by molar-refractivity contribution is 6.03. The van der Waals surface area contributed by atoms with Crippen LogP contribution in [0.25, 0.3) is 21.9 Å². The van der Waals surface area contributed by atoms with E-state index >= 15 is 0 Å². The van der Waals surface area contributed by atoms with Gasteiger partial charge in [0.25, 0.3) is 5.56 Å². The highest BCUT2D eigenvalue weighted by Gasteiger charge is 2.33. The van der Waals surface area contributed by atoms with Crippen molar-refractivity contribution in [2.24, 2.45) is 14.1 Å². The summed E-state index contributed by atoms with van der Waals surface area (Å²) in [6.45, 7) is 9.99. The standard InChI is InChI=1S/C47H60F3N13O4/c1-30(31-24-32(47(48,49)50)26-33(51)25-31)55-43-36-27-38(46(67)58(2)44(36)54-29-53-43)62-20-16-60(17-21-62)14-7-5-4-6-8-15-61-18-22-63(23-19-61)40(65)28-52-37-11-9-10-34-41(57-59(3)42(34)37)35-12-13-39(64)56-45(35)66/h9-11,24-27,29-30,35,52H,4-8,12-23,28,51H2,1-3H3,(H,53,54,55)(H,56,64,66)/t30-,35?/m1/s1. The number of hydrogen-bond donors (Lipinski definition) is 4. The third kappa shape index (κ3) is 10.8. The zero-order chi connectivity index (χ0) is 47.4. The molecule has 6 heterocycles. The van der Waals surface area contributed by atoms with Crippen LogP contribution in [0.2, 0.25) is 0 Å². The first-order valence-corrected chi connectivity index (χ1v) is 23.2. The molecule has 17 nitrogen and oxygen atoms in total. The molecule has 5 N–H and O–H groups in total. The highest BCUT2D eigenvalue weighted by Crippen LogP contribution is 2.35. The number of nitrogens with zero attached hydrogens (tertiary/aromatic N) is 9. The number of carbonyl (C=O) groups is 3. The number of piperazine rings is 2. The van der Waals surface area contributed by atoms with Gasteiger partial charge < -0.3 is 26.2 Å². The van der Waals surface area contributed by atoms with E-state index in [1.54, 1.807) is 24.7 Å². The molecule has 67 heavy (non-hydrogen) atoms. The molecule has 358 valence electrons. The number of hydrogen-bond acceptors (Lipinski definition) is 13. The van der Waals surface area contributed by atoms with E-state index in [2.05, 4.69) is 45.7 Å².